The lowest BCUT2D eigenvalue weighted by molar-refractivity contribution is -0.143. The highest BCUT2D eigenvalue weighted by atomic mass is 32.1. The van der Waals surface area contributed by atoms with Crippen LogP contribution in [0.2, 0.25) is 0 Å². The van der Waals surface area contributed by atoms with Crippen molar-refractivity contribution in [1.82, 2.24) is 0 Å². The lowest BCUT2D eigenvalue weighted by Gasteiger charge is -2.13. The molecule has 3 rings (SSSR count). The number of thiol groups is 1. The maximum absolute atomic E-state index is 13.0. The fraction of sp³-hybridized carbons (Fsp3) is 0.364. The largest absolute Gasteiger partial charge is 0.466 e. The molecule has 3 aromatic rings. The molecule has 2 aromatic carbocycles. The fourth-order valence-corrected chi connectivity index (χ4v) is 4.67. The van der Waals surface area contributed by atoms with Crippen molar-refractivity contribution >= 4 is 50.1 Å². The number of hydrogen-bond acceptors (Lipinski definition) is 5. The van der Waals surface area contributed by atoms with Crippen LogP contribution in [0.1, 0.15) is 36.0 Å². The van der Waals surface area contributed by atoms with Gasteiger partial charge in [-0.25, -0.2) is 0 Å². The van der Waals surface area contributed by atoms with Gasteiger partial charge in [0.2, 0.25) is 0 Å². The third-order valence-corrected chi connectivity index (χ3v) is 6.49. The van der Waals surface area contributed by atoms with E-state index in [1.54, 1.807) is 11.3 Å². The summed E-state index contributed by atoms with van der Waals surface area (Å²) in [7, 11) is 0. The van der Waals surface area contributed by atoms with Gasteiger partial charge in [0.05, 0.1) is 13.0 Å². The van der Waals surface area contributed by atoms with Crippen molar-refractivity contribution in [2.45, 2.75) is 39.5 Å². The molecule has 0 saturated carbocycles. The highest BCUT2D eigenvalue weighted by Crippen LogP contribution is 2.31. The maximum atomic E-state index is 13.0. The van der Waals surface area contributed by atoms with Gasteiger partial charge in [-0.05, 0) is 68.0 Å². The van der Waals surface area contributed by atoms with Gasteiger partial charge >= 0.3 is 5.97 Å². The van der Waals surface area contributed by atoms with E-state index in [2.05, 4.69) is 32.5 Å². The van der Waals surface area contributed by atoms with Crippen molar-refractivity contribution in [2.75, 3.05) is 12.4 Å². The van der Waals surface area contributed by atoms with E-state index in [0.717, 1.165) is 39.4 Å². The Kier molecular flexibility index (Phi) is 6.55. The predicted molar refractivity (Wildman–Crippen MR) is 117 cm³/mol. The van der Waals surface area contributed by atoms with Crippen molar-refractivity contribution in [3.8, 4) is 0 Å². The van der Waals surface area contributed by atoms with Gasteiger partial charge in [0, 0.05) is 25.9 Å². The molecule has 0 spiro atoms. The highest BCUT2D eigenvalue weighted by Gasteiger charge is 2.12. The summed E-state index contributed by atoms with van der Waals surface area (Å²) < 4.78 is 7.30. The van der Waals surface area contributed by atoms with E-state index in [4.69, 9.17) is 4.74 Å². The second-order valence-electron chi connectivity index (χ2n) is 6.74. The molecule has 0 amide bonds. The molecule has 3 nitrogen and oxygen atoms in total. The highest BCUT2D eigenvalue weighted by molar-refractivity contribution is 7.80. The first-order valence-corrected chi connectivity index (χ1v) is 10.7. The minimum atomic E-state index is -0.188. The standard InChI is InChI=1S/C22H24O3S2/c1-14-15(2)22-18(21(24)17-8-3-4-9-19(17)27-22)13-16(14)7-5-6-11-25-20(23)10-12-26/h3-4,8-9,13,26H,5-7,10-12H2,1-2H3. The summed E-state index contributed by atoms with van der Waals surface area (Å²) in [6.07, 6.45) is 2.97. The molecule has 0 aliphatic carbocycles. The van der Waals surface area contributed by atoms with E-state index in [1.165, 1.54) is 16.7 Å². The van der Waals surface area contributed by atoms with Crippen LogP contribution in [0.25, 0.3) is 20.2 Å². The number of rotatable bonds is 7. The third-order valence-electron chi connectivity index (χ3n) is 4.96. The predicted octanol–water partition coefficient (Wildman–Crippen LogP) is 5.22. The van der Waals surface area contributed by atoms with Gasteiger partial charge in [0.1, 0.15) is 0 Å². The van der Waals surface area contributed by atoms with Gasteiger partial charge in [0.15, 0.2) is 5.43 Å². The molecule has 142 valence electrons. The molecule has 5 heteroatoms. The Labute approximate surface area is 168 Å². The van der Waals surface area contributed by atoms with Crippen LogP contribution in [0.3, 0.4) is 0 Å². The van der Waals surface area contributed by atoms with Gasteiger partial charge < -0.3 is 4.74 Å². The maximum Gasteiger partial charge on any atom is 0.306 e. The van der Waals surface area contributed by atoms with Crippen LogP contribution in [-0.2, 0) is 16.0 Å². The van der Waals surface area contributed by atoms with Crippen LogP contribution in [0.15, 0.2) is 35.1 Å². The molecule has 1 aromatic heterocycles. The lowest BCUT2D eigenvalue weighted by atomic mass is 9.96. The zero-order valence-corrected chi connectivity index (χ0v) is 17.4. The van der Waals surface area contributed by atoms with Crippen LogP contribution < -0.4 is 5.43 Å². The summed E-state index contributed by atoms with van der Waals surface area (Å²) in [4.78, 5) is 24.3. The van der Waals surface area contributed by atoms with E-state index in [9.17, 15) is 9.59 Å². The molecular formula is C22H24O3S2. The second kappa shape index (κ2) is 8.89. The van der Waals surface area contributed by atoms with Crippen molar-refractivity contribution in [3.05, 3.63) is 57.2 Å². The van der Waals surface area contributed by atoms with Crippen molar-refractivity contribution in [1.29, 1.82) is 0 Å². The lowest BCUT2D eigenvalue weighted by Crippen LogP contribution is -2.07. The molecule has 0 aliphatic rings. The van der Waals surface area contributed by atoms with Gasteiger partial charge in [0.25, 0.3) is 0 Å². The molecule has 0 aliphatic heterocycles. The van der Waals surface area contributed by atoms with E-state index < -0.39 is 0 Å². The number of fused-ring (bicyclic) bond motifs is 2. The Hall–Kier alpha value is -1.85. The van der Waals surface area contributed by atoms with Crippen molar-refractivity contribution < 1.29 is 9.53 Å². The molecule has 0 bridgehead atoms. The molecular weight excluding hydrogens is 376 g/mol. The van der Waals surface area contributed by atoms with Gasteiger partial charge in [-0.2, -0.15) is 12.6 Å². The Morgan fingerprint density at radius 2 is 1.89 bits per heavy atom. The zero-order chi connectivity index (χ0) is 19.4. The van der Waals surface area contributed by atoms with Gasteiger partial charge in [-0.3, -0.25) is 9.59 Å². The average molecular weight is 401 g/mol. The Bertz CT molecular complexity index is 1040. The van der Waals surface area contributed by atoms with Crippen LogP contribution in [0.4, 0.5) is 0 Å². The monoisotopic (exact) mass is 400 g/mol. The molecule has 27 heavy (non-hydrogen) atoms. The number of unbranched alkanes of at least 4 members (excludes halogenated alkanes) is 1. The topological polar surface area (TPSA) is 43.4 Å². The van der Waals surface area contributed by atoms with Crippen molar-refractivity contribution in [2.24, 2.45) is 0 Å². The van der Waals surface area contributed by atoms with Crippen LogP contribution in [0, 0.1) is 13.8 Å². The molecule has 0 radical (unpaired) electrons. The van der Waals surface area contributed by atoms with E-state index in [0.29, 0.717) is 18.8 Å². The average Bonchev–Trinajstić information content (AvgIpc) is 2.66. The smallest absolute Gasteiger partial charge is 0.306 e. The van der Waals surface area contributed by atoms with Gasteiger partial charge in [-0.1, -0.05) is 12.1 Å². The fourth-order valence-electron chi connectivity index (χ4n) is 3.29. The van der Waals surface area contributed by atoms with Crippen LogP contribution >= 0.6 is 24.0 Å². The Morgan fingerprint density at radius 1 is 1.11 bits per heavy atom. The van der Waals surface area contributed by atoms with E-state index >= 15 is 0 Å². The zero-order valence-electron chi connectivity index (χ0n) is 15.7. The quantitative estimate of drug-likeness (QED) is 0.256. The van der Waals surface area contributed by atoms with E-state index in [1.807, 2.05) is 24.3 Å². The molecule has 0 N–H and O–H groups in total. The first-order chi connectivity index (χ1) is 13.0. The number of ether oxygens (including phenoxy) is 1. The SMILES string of the molecule is Cc1c(CCCCOC(=O)CCS)cc2c(=O)c3ccccc3sc2c1C. The Morgan fingerprint density at radius 3 is 2.67 bits per heavy atom. The summed E-state index contributed by atoms with van der Waals surface area (Å²) in [5, 5.41) is 1.61. The number of carbonyl (C=O) groups is 1. The second-order valence-corrected chi connectivity index (χ2v) is 8.24. The third kappa shape index (κ3) is 4.36. The van der Waals surface area contributed by atoms with Crippen molar-refractivity contribution in [3.63, 3.8) is 0 Å². The summed E-state index contributed by atoms with van der Waals surface area (Å²) >= 11 is 5.72. The molecule has 0 saturated heterocycles. The summed E-state index contributed by atoms with van der Waals surface area (Å²) in [6, 6.07) is 9.87. The minimum Gasteiger partial charge on any atom is -0.466 e. The number of aryl methyl sites for hydroxylation is 2. The number of esters is 1. The normalized spacial score (nSPS) is 11.2. The molecule has 1 heterocycles. The number of hydrogen-bond donors (Lipinski definition) is 1. The Balaban J connectivity index is 1.81. The van der Waals surface area contributed by atoms with Crippen LogP contribution in [0.5, 0.6) is 0 Å². The first kappa shape index (κ1) is 19.9. The molecule has 0 unspecified atom stereocenters. The van der Waals surface area contributed by atoms with Gasteiger partial charge in [-0.15, -0.1) is 11.3 Å². The molecule has 0 atom stereocenters. The number of carbonyl (C=O) groups excluding carboxylic acids is 1. The summed E-state index contributed by atoms with van der Waals surface area (Å²) in [6.45, 7) is 4.67. The first-order valence-electron chi connectivity index (χ1n) is 9.24. The minimum absolute atomic E-state index is 0.115. The van der Waals surface area contributed by atoms with E-state index in [-0.39, 0.29) is 11.4 Å². The van der Waals surface area contributed by atoms with Crippen LogP contribution in [-0.4, -0.2) is 18.3 Å². The molecule has 0 fully saturated rings. The summed E-state index contributed by atoms with van der Waals surface area (Å²) in [5.41, 5.74) is 3.77. The number of benzene rings is 2. The summed E-state index contributed by atoms with van der Waals surface area (Å²) in [5.74, 6) is 0.328.